The van der Waals surface area contributed by atoms with E-state index in [2.05, 4.69) is 21.8 Å². The Hall–Kier alpha value is -1.43. The molecule has 0 bridgehead atoms. The molecular weight excluding hydrogens is 314 g/mol. The zero-order chi connectivity index (χ0) is 16.4. The van der Waals surface area contributed by atoms with Gasteiger partial charge in [-0.1, -0.05) is 11.6 Å². The van der Waals surface area contributed by atoms with Gasteiger partial charge >= 0.3 is 0 Å². The Balaban J connectivity index is 1.73. The number of fused-ring (bicyclic) bond motifs is 1. The highest BCUT2D eigenvalue weighted by Crippen LogP contribution is 2.26. The number of hydrogen-bond acceptors (Lipinski definition) is 4. The minimum Gasteiger partial charge on any atom is -0.375 e. The average molecular weight is 336 g/mol. The molecule has 1 aromatic heterocycles. The van der Waals surface area contributed by atoms with Crippen LogP contribution in [-0.2, 0) is 11.3 Å². The zero-order valence-corrected chi connectivity index (χ0v) is 14.3. The van der Waals surface area contributed by atoms with Gasteiger partial charge in [0.15, 0.2) is 0 Å². The molecule has 0 aliphatic carbocycles. The largest absolute Gasteiger partial charge is 0.375 e. The van der Waals surface area contributed by atoms with Gasteiger partial charge in [-0.25, -0.2) is 4.98 Å². The van der Waals surface area contributed by atoms with E-state index in [9.17, 15) is 4.79 Å². The van der Waals surface area contributed by atoms with Gasteiger partial charge in [0.2, 0.25) is 0 Å². The number of benzene rings is 1. The summed E-state index contributed by atoms with van der Waals surface area (Å²) in [4.78, 5) is 21.9. The van der Waals surface area contributed by atoms with Gasteiger partial charge in [-0.2, -0.15) is 0 Å². The molecule has 1 aliphatic heterocycles. The monoisotopic (exact) mass is 335 g/mol. The minimum atomic E-state index is -0.135. The van der Waals surface area contributed by atoms with Crippen LogP contribution < -0.4 is 5.56 Å². The van der Waals surface area contributed by atoms with E-state index in [4.69, 9.17) is 16.3 Å². The third kappa shape index (κ3) is 3.74. The summed E-state index contributed by atoms with van der Waals surface area (Å²) >= 11 is 5.94. The van der Waals surface area contributed by atoms with Gasteiger partial charge in [0.1, 0.15) is 5.82 Å². The van der Waals surface area contributed by atoms with E-state index < -0.39 is 0 Å². The molecule has 2 heterocycles. The second kappa shape index (κ2) is 6.59. The van der Waals surface area contributed by atoms with Crippen molar-refractivity contribution in [3.8, 4) is 0 Å². The second-order valence-electron chi connectivity index (χ2n) is 6.33. The third-order valence-corrected chi connectivity index (χ3v) is 4.73. The average Bonchev–Trinajstić information content (AvgIpc) is 2.51. The van der Waals surface area contributed by atoms with E-state index in [1.807, 2.05) is 6.92 Å². The van der Waals surface area contributed by atoms with Crippen LogP contribution in [0.3, 0.4) is 0 Å². The molecule has 0 radical (unpaired) electrons. The maximum atomic E-state index is 12.2. The molecule has 23 heavy (non-hydrogen) atoms. The maximum absolute atomic E-state index is 12.2. The molecule has 1 N–H and O–H groups in total. The number of aromatic amines is 1. The molecule has 0 amide bonds. The summed E-state index contributed by atoms with van der Waals surface area (Å²) < 4.78 is 5.84. The molecule has 1 aliphatic rings. The second-order valence-corrected chi connectivity index (χ2v) is 6.77. The Labute approximate surface area is 140 Å². The van der Waals surface area contributed by atoms with Crippen molar-refractivity contribution in [2.45, 2.75) is 38.8 Å². The lowest BCUT2D eigenvalue weighted by Gasteiger charge is -2.38. The van der Waals surface area contributed by atoms with E-state index in [-0.39, 0.29) is 11.2 Å². The van der Waals surface area contributed by atoms with Crippen molar-refractivity contribution < 1.29 is 4.74 Å². The predicted octanol–water partition coefficient (Wildman–Crippen LogP) is 2.97. The Morgan fingerprint density at radius 1 is 1.39 bits per heavy atom. The fraction of sp³-hybridized carbons (Fsp3) is 0.529. The Morgan fingerprint density at radius 2 is 2.13 bits per heavy atom. The molecule has 1 saturated heterocycles. The summed E-state index contributed by atoms with van der Waals surface area (Å²) in [5.41, 5.74) is 0.527. The normalized spacial score (nSPS) is 18.4. The predicted molar refractivity (Wildman–Crippen MR) is 91.9 cm³/mol. The SMILES string of the molecule is CCOC1(C)CCN(Cc2nc3ccc(Cl)cc3c(=O)[nH]2)CC1. The number of ether oxygens (including phenoxy) is 1. The summed E-state index contributed by atoms with van der Waals surface area (Å²) in [6.45, 7) is 7.49. The molecule has 1 aromatic carbocycles. The number of aromatic nitrogens is 2. The van der Waals surface area contributed by atoms with E-state index in [1.165, 1.54) is 0 Å². The fourth-order valence-electron chi connectivity index (χ4n) is 3.12. The van der Waals surface area contributed by atoms with Gasteiger partial charge in [-0.3, -0.25) is 9.69 Å². The van der Waals surface area contributed by atoms with Crippen molar-refractivity contribution in [2.75, 3.05) is 19.7 Å². The van der Waals surface area contributed by atoms with Gasteiger partial charge in [0.25, 0.3) is 5.56 Å². The highest BCUT2D eigenvalue weighted by molar-refractivity contribution is 6.31. The number of piperidine rings is 1. The van der Waals surface area contributed by atoms with Crippen LogP contribution in [0.25, 0.3) is 10.9 Å². The summed E-state index contributed by atoms with van der Waals surface area (Å²) in [6.07, 6.45) is 1.99. The number of likely N-dealkylation sites (tertiary alicyclic amines) is 1. The number of nitrogens with one attached hydrogen (secondary N) is 1. The summed E-state index contributed by atoms with van der Waals surface area (Å²) in [6, 6.07) is 5.20. The van der Waals surface area contributed by atoms with Crippen molar-refractivity contribution in [3.63, 3.8) is 0 Å². The van der Waals surface area contributed by atoms with Crippen LogP contribution in [0.1, 0.15) is 32.5 Å². The van der Waals surface area contributed by atoms with E-state index in [0.717, 1.165) is 32.5 Å². The molecular formula is C17H22ClN3O2. The molecule has 3 rings (SSSR count). The van der Waals surface area contributed by atoms with Crippen molar-refractivity contribution in [1.29, 1.82) is 0 Å². The van der Waals surface area contributed by atoms with Gasteiger partial charge in [0, 0.05) is 24.7 Å². The molecule has 0 saturated carbocycles. The molecule has 0 spiro atoms. The molecule has 0 atom stereocenters. The first-order chi connectivity index (χ1) is 11.0. The quantitative estimate of drug-likeness (QED) is 0.933. The minimum absolute atomic E-state index is 0.0216. The van der Waals surface area contributed by atoms with Crippen LogP contribution in [0, 0.1) is 0 Å². The highest BCUT2D eigenvalue weighted by atomic mass is 35.5. The third-order valence-electron chi connectivity index (χ3n) is 4.50. The van der Waals surface area contributed by atoms with Gasteiger partial charge in [0.05, 0.1) is 23.0 Å². The number of nitrogens with zero attached hydrogens (tertiary/aromatic N) is 2. The maximum Gasteiger partial charge on any atom is 0.258 e. The topological polar surface area (TPSA) is 58.2 Å². The van der Waals surface area contributed by atoms with Crippen molar-refractivity contribution >= 4 is 22.5 Å². The van der Waals surface area contributed by atoms with Gasteiger partial charge in [-0.05, 0) is 44.9 Å². The molecule has 2 aromatic rings. The zero-order valence-electron chi connectivity index (χ0n) is 13.6. The van der Waals surface area contributed by atoms with Crippen molar-refractivity contribution in [2.24, 2.45) is 0 Å². The number of rotatable bonds is 4. The van der Waals surface area contributed by atoms with E-state index in [1.54, 1.807) is 18.2 Å². The van der Waals surface area contributed by atoms with E-state index in [0.29, 0.717) is 28.3 Å². The highest BCUT2D eigenvalue weighted by Gasteiger charge is 2.30. The fourth-order valence-corrected chi connectivity index (χ4v) is 3.30. The lowest BCUT2D eigenvalue weighted by molar-refractivity contribution is -0.0671. The Kier molecular flexibility index (Phi) is 4.71. The summed E-state index contributed by atoms with van der Waals surface area (Å²) in [5.74, 6) is 0.699. The first kappa shape index (κ1) is 16.4. The first-order valence-electron chi connectivity index (χ1n) is 8.04. The molecule has 1 fully saturated rings. The first-order valence-corrected chi connectivity index (χ1v) is 8.42. The van der Waals surface area contributed by atoms with Crippen LogP contribution >= 0.6 is 11.6 Å². The molecule has 6 heteroatoms. The Morgan fingerprint density at radius 3 is 2.83 bits per heavy atom. The lowest BCUT2D eigenvalue weighted by Crippen LogP contribution is -2.44. The standard InChI is InChI=1S/C17H22ClN3O2/c1-3-23-17(2)6-8-21(9-7-17)11-15-19-14-5-4-12(18)10-13(14)16(22)20-15/h4-5,10H,3,6-9,11H2,1-2H3,(H,19,20,22). The molecule has 5 nitrogen and oxygen atoms in total. The number of H-pyrrole nitrogens is 1. The van der Waals surface area contributed by atoms with Crippen LogP contribution in [0.15, 0.2) is 23.0 Å². The molecule has 0 unspecified atom stereocenters. The van der Waals surface area contributed by atoms with Crippen molar-refractivity contribution in [1.82, 2.24) is 14.9 Å². The van der Waals surface area contributed by atoms with Gasteiger partial charge in [-0.15, -0.1) is 0 Å². The summed E-state index contributed by atoms with van der Waals surface area (Å²) in [5, 5.41) is 1.08. The van der Waals surface area contributed by atoms with Crippen LogP contribution in [0.5, 0.6) is 0 Å². The summed E-state index contributed by atoms with van der Waals surface area (Å²) in [7, 11) is 0. The van der Waals surface area contributed by atoms with Crippen LogP contribution in [0.2, 0.25) is 5.02 Å². The van der Waals surface area contributed by atoms with Crippen molar-refractivity contribution in [3.05, 3.63) is 39.4 Å². The molecule has 124 valence electrons. The lowest BCUT2D eigenvalue weighted by atomic mass is 9.93. The van der Waals surface area contributed by atoms with E-state index >= 15 is 0 Å². The number of halogens is 1. The Bertz CT molecular complexity index is 751. The smallest absolute Gasteiger partial charge is 0.258 e. The number of hydrogen-bond donors (Lipinski definition) is 1. The van der Waals surface area contributed by atoms with Crippen LogP contribution in [0.4, 0.5) is 0 Å². The van der Waals surface area contributed by atoms with Gasteiger partial charge < -0.3 is 9.72 Å². The van der Waals surface area contributed by atoms with Crippen LogP contribution in [-0.4, -0.2) is 40.2 Å².